The molecule has 1 N–H and O–H groups in total. The fourth-order valence-corrected chi connectivity index (χ4v) is 3.25. The lowest BCUT2D eigenvalue weighted by Gasteiger charge is -2.08. The standard InChI is InChI=1S/C21H15BrN2O/c1-13-2-3-16-12-19(8-9-20(16)23-13)24-21(25)17-5-4-15-11-18(22)7-6-14(15)10-17/h2-12H,1H3,(H,24,25). The second-order valence-corrected chi connectivity index (χ2v) is 6.94. The first-order valence-electron chi connectivity index (χ1n) is 7.97. The molecule has 3 aromatic carbocycles. The molecule has 0 radical (unpaired) electrons. The number of pyridine rings is 1. The van der Waals surface area contributed by atoms with E-state index in [1.807, 2.05) is 73.7 Å². The van der Waals surface area contributed by atoms with Crippen LogP contribution < -0.4 is 5.32 Å². The first kappa shape index (κ1) is 15.8. The zero-order valence-electron chi connectivity index (χ0n) is 13.6. The van der Waals surface area contributed by atoms with E-state index in [4.69, 9.17) is 0 Å². The number of halogens is 1. The maximum absolute atomic E-state index is 12.6. The predicted octanol–water partition coefficient (Wildman–Crippen LogP) is 5.71. The average Bonchev–Trinajstić information content (AvgIpc) is 2.61. The molecular formula is C21H15BrN2O. The van der Waals surface area contributed by atoms with Crippen molar-refractivity contribution in [1.82, 2.24) is 4.98 Å². The number of hydrogen-bond acceptors (Lipinski definition) is 2. The Labute approximate surface area is 153 Å². The third-order valence-electron chi connectivity index (χ3n) is 4.15. The van der Waals surface area contributed by atoms with E-state index in [-0.39, 0.29) is 5.91 Å². The highest BCUT2D eigenvalue weighted by Gasteiger charge is 2.08. The van der Waals surface area contributed by atoms with E-state index in [2.05, 4.69) is 26.2 Å². The molecule has 0 aliphatic carbocycles. The van der Waals surface area contributed by atoms with Gasteiger partial charge in [0.15, 0.2) is 0 Å². The molecule has 3 nitrogen and oxygen atoms in total. The van der Waals surface area contributed by atoms with E-state index >= 15 is 0 Å². The molecule has 0 saturated heterocycles. The van der Waals surface area contributed by atoms with E-state index in [1.54, 1.807) is 0 Å². The summed E-state index contributed by atoms with van der Waals surface area (Å²) in [6.07, 6.45) is 0. The van der Waals surface area contributed by atoms with Crippen molar-refractivity contribution in [2.75, 3.05) is 5.32 Å². The number of aryl methyl sites for hydroxylation is 1. The first-order valence-corrected chi connectivity index (χ1v) is 8.76. The van der Waals surface area contributed by atoms with Gasteiger partial charge in [-0.15, -0.1) is 0 Å². The van der Waals surface area contributed by atoms with Gasteiger partial charge in [0.05, 0.1) is 5.52 Å². The van der Waals surface area contributed by atoms with Crippen molar-refractivity contribution in [3.05, 3.63) is 82.5 Å². The summed E-state index contributed by atoms with van der Waals surface area (Å²) in [6.45, 7) is 1.97. The number of anilines is 1. The fourth-order valence-electron chi connectivity index (χ4n) is 2.87. The molecule has 0 fully saturated rings. The zero-order valence-corrected chi connectivity index (χ0v) is 15.2. The summed E-state index contributed by atoms with van der Waals surface area (Å²) in [5, 5.41) is 6.10. The Morgan fingerprint density at radius 2 is 1.64 bits per heavy atom. The van der Waals surface area contributed by atoms with Gasteiger partial charge in [-0.3, -0.25) is 9.78 Å². The van der Waals surface area contributed by atoms with Crippen LogP contribution in [0.5, 0.6) is 0 Å². The molecule has 1 aromatic heterocycles. The van der Waals surface area contributed by atoms with Gasteiger partial charge >= 0.3 is 0 Å². The quantitative estimate of drug-likeness (QED) is 0.476. The summed E-state index contributed by atoms with van der Waals surface area (Å²) in [4.78, 5) is 17.1. The summed E-state index contributed by atoms with van der Waals surface area (Å²) in [6, 6.07) is 21.5. The SMILES string of the molecule is Cc1ccc2cc(NC(=O)c3ccc4cc(Br)ccc4c3)ccc2n1. The minimum Gasteiger partial charge on any atom is -0.322 e. The minimum absolute atomic E-state index is 0.121. The van der Waals surface area contributed by atoms with Crippen LogP contribution >= 0.6 is 15.9 Å². The Bertz CT molecular complexity index is 1120. The molecule has 0 unspecified atom stereocenters. The van der Waals surface area contributed by atoms with E-state index in [0.717, 1.165) is 37.5 Å². The Hall–Kier alpha value is -2.72. The van der Waals surface area contributed by atoms with Crippen LogP contribution in [0, 0.1) is 6.92 Å². The van der Waals surface area contributed by atoms with Crippen molar-refractivity contribution in [3.63, 3.8) is 0 Å². The van der Waals surface area contributed by atoms with Crippen LogP contribution in [0.3, 0.4) is 0 Å². The largest absolute Gasteiger partial charge is 0.322 e. The maximum atomic E-state index is 12.6. The van der Waals surface area contributed by atoms with Crippen LogP contribution in [-0.2, 0) is 0 Å². The molecule has 0 saturated carbocycles. The average molecular weight is 391 g/mol. The van der Waals surface area contributed by atoms with E-state index in [0.29, 0.717) is 5.56 Å². The van der Waals surface area contributed by atoms with E-state index in [9.17, 15) is 4.79 Å². The molecule has 4 rings (SSSR count). The third kappa shape index (κ3) is 3.26. The lowest BCUT2D eigenvalue weighted by molar-refractivity contribution is 0.102. The summed E-state index contributed by atoms with van der Waals surface area (Å²) in [5.74, 6) is -0.121. The lowest BCUT2D eigenvalue weighted by atomic mass is 10.1. The van der Waals surface area contributed by atoms with Gasteiger partial charge < -0.3 is 5.32 Å². The molecule has 0 aliphatic rings. The van der Waals surface area contributed by atoms with Crippen LogP contribution in [-0.4, -0.2) is 10.9 Å². The van der Waals surface area contributed by atoms with Crippen molar-refractivity contribution in [3.8, 4) is 0 Å². The van der Waals surface area contributed by atoms with Crippen molar-refractivity contribution in [1.29, 1.82) is 0 Å². The topological polar surface area (TPSA) is 42.0 Å². The second-order valence-electron chi connectivity index (χ2n) is 6.02. The molecule has 1 heterocycles. The highest BCUT2D eigenvalue weighted by Crippen LogP contribution is 2.22. The number of carbonyl (C=O) groups excluding carboxylic acids is 1. The van der Waals surface area contributed by atoms with Gasteiger partial charge in [-0.25, -0.2) is 0 Å². The smallest absolute Gasteiger partial charge is 0.255 e. The molecule has 0 spiro atoms. The summed E-state index contributed by atoms with van der Waals surface area (Å²) in [5.41, 5.74) is 3.30. The normalized spacial score (nSPS) is 11.0. The fraction of sp³-hybridized carbons (Fsp3) is 0.0476. The van der Waals surface area contributed by atoms with Crippen LogP contribution in [0.4, 0.5) is 5.69 Å². The Kier molecular flexibility index (Phi) is 3.98. The molecule has 4 heteroatoms. The predicted molar refractivity (Wildman–Crippen MR) is 106 cm³/mol. The monoisotopic (exact) mass is 390 g/mol. The number of fused-ring (bicyclic) bond motifs is 2. The van der Waals surface area contributed by atoms with E-state index < -0.39 is 0 Å². The van der Waals surface area contributed by atoms with E-state index in [1.165, 1.54) is 0 Å². The van der Waals surface area contributed by atoms with Gasteiger partial charge in [0.1, 0.15) is 0 Å². The van der Waals surface area contributed by atoms with Crippen LogP contribution in [0.25, 0.3) is 21.7 Å². The van der Waals surface area contributed by atoms with Crippen molar-refractivity contribution in [2.24, 2.45) is 0 Å². The van der Waals surface area contributed by atoms with Crippen LogP contribution in [0.2, 0.25) is 0 Å². The van der Waals surface area contributed by atoms with Crippen molar-refractivity contribution in [2.45, 2.75) is 6.92 Å². The Balaban J connectivity index is 1.63. The third-order valence-corrected chi connectivity index (χ3v) is 4.64. The summed E-state index contributed by atoms with van der Waals surface area (Å²) in [7, 11) is 0. The molecule has 1 amide bonds. The molecule has 0 bridgehead atoms. The van der Waals surface area contributed by atoms with Gasteiger partial charge in [-0.1, -0.05) is 34.1 Å². The van der Waals surface area contributed by atoms with Gasteiger partial charge in [-0.05, 0) is 66.2 Å². The van der Waals surface area contributed by atoms with Gasteiger partial charge in [0, 0.05) is 26.8 Å². The molecule has 122 valence electrons. The number of nitrogens with one attached hydrogen (secondary N) is 1. The van der Waals surface area contributed by atoms with Crippen molar-refractivity contribution >= 4 is 49.2 Å². The molecular weight excluding hydrogens is 376 g/mol. The minimum atomic E-state index is -0.121. The molecule has 4 aromatic rings. The van der Waals surface area contributed by atoms with Crippen LogP contribution in [0.1, 0.15) is 16.1 Å². The number of rotatable bonds is 2. The number of hydrogen-bond donors (Lipinski definition) is 1. The number of nitrogens with zero attached hydrogens (tertiary/aromatic N) is 1. The van der Waals surface area contributed by atoms with Gasteiger partial charge in [0.2, 0.25) is 0 Å². The number of benzene rings is 3. The molecule has 0 atom stereocenters. The summed E-state index contributed by atoms with van der Waals surface area (Å²) < 4.78 is 1.03. The second kappa shape index (κ2) is 6.30. The lowest BCUT2D eigenvalue weighted by Crippen LogP contribution is -2.11. The van der Waals surface area contributed by atoms with Crippen molar-refractivity contribution < 1.29 is 4.79 Å². The van der Waals surface area contributed by atoms with Crippen LogP contribution in [0.15, 0.2) is 71.2 Å². The Morgan fingerprint density at radius 3 is 2.52 bits per heavy atom. The highest BCUT2D eigenvalue weighted by molar-refractivity contribution is 9.10. The molecule has 25 heavy (non-hydrogen) atoms. The number of amides is 1. The molecule has 0 aliphatic heterocycles. The zero-order chi connectivity index (χ0) is 17.4. The maximum Gasteiger partial charge on any atom is 0.255 e. The number of carbonyl (C=O) groups is 1. The summed E-state index contributed by atoms with van der Waals surface area (Å²) >= 11 is 3.46. The Morgan fingerprint density at radius 1 is 0.880 bits per heavy atom. The highest BCUT2D eigenvalue weighted by atomic mass is 79.9. The number of aromatic nitrogens is 1. The van der Waals surface area contributed by atoms with Gasteiger partial charge in [-0.2, -0.15) is 0 Å². The van der Waals surface area contributed by atoms with Gasteiger partial charge in [0.25, 0.3) is 5.91 Å². The first-order chi connectivity index (χ1) is 12.1.